The summed E-state index contributed by atoms with van der Waals surface area (Å²) in [7, 11) is -2.90. The average Bonchev–Trinajstić information content (AvgIpc) is 2.82. The largest absolute Gasteiger partial charge is 0.378 e. The molecule has 3 atom stereocenters. The van der Waals surface area contributed by atoms with Gasteiger partial charge in [0.25, 0.3) is 5.56 Å². The number of nitrogens with zero attached hydrogens (tertiary/aromatic N) is 1. The molecule has 2 rings (SSSR count). The zero-order valence-corrected chi connectivity index (χ0v) is 11.7. The van der Waals surface area contributed by atoms with Gasteiger partial charge < -0.3 is 9.84 Å². The summed E-state index contributed by atoms with van der Waals surface area (Å²) >= 11 is 0. The van der Waals surface area contributed by atoms with E-state index in [0.717, 1.165) is 0 Å². The van der Waals surface area contributed by atoms with Gasteiger partial charge in [-0.25, -0.2) is 13.9 Å². The number of hydrogen-bond acceptors (Lipinski definition) is 6. The van der Waals surface area contributed by atoms with Crippen LogP contribution in [0.4, 0.5) is 0 Å². The van der Waals surface area contributed by atoms with Crippen LogP contribution in [0.1, 0.15) is 31.1 Å². The molecule has 1 aromatic heterocycles. The van der Waals surface area contributed by atoms with Crippen molar-refractivity contribution in [3.63, 3.8) is 0 Å². The quantitative estimate of drug-likeness (QED) is 0.777. The van der Waals surface area contributed by atoms with Crippen LogP contribution in [0.15, 0.2) is 15.8 Å². The molecule has 2 N–H and O–H groups in total. The Kier molecular flexibility index (Phi) is 4.37. The van der Waals surface area contributed by atoms with E-state index in [1.165, 1.54) is 10.8 Å². The number of nitrogens with one attached hydrogen (secondary N) is 1. The van der Waals surface area contributed by atoms with Gasteiger partial charge in [0.1, 0.15) is 6.23 Å². The Morgan fingerprint density at radius 1 is 1.50 bits per heavy atom. The Bertz CT molecular complexity index is 668. The Morgan fingerprint density at radius 3 is 2.85 bits per heavy atom. The van der Waals surface area contributed by atoms with Gasteiger partial charge in [0, 0.05) is 18.2 Å². The number of aromatic amines is 1. The number of hydrogen-bond donors (Lipinski definition) is 2. The summed E-state index contributed by atoms with van der Waals surface area (Å²) in [6, 6.07) is 0. The lowest BCUT2D eigenvalue weighted by molar-refractivity contribution is -0.0142. The molecular formula is C11H15N2O6P. The Labute approximate surface area is 114 Å². The van der Waals surface area contributed by atoms with Gasteiger partial charge in [-0.3, -0.25) is 14.3 Å². The maximum atomic E-state index is 11.7. The Hall–Kier alpha value is -1.50. The summed E-state index contributed by atoms with van der Waals surface area (Å²) in [6.07, 6.45) is 1.46. The normalized spacial score (nSPS) is 23.7. The molecule has 0 radical (unpaired) electrons. The van der Waals surface area contributed by atoms with Gasteiger partial charge in [-0.2, -0.15) is 0 Å². The molecule has 8 nitrogen and oxygen atoms in total. The van der Waals surface area contributed by atoms with Gasteiger partial charge >= 0.3 is 13.4 Å². The van der Waals surface area contributed by atoms with E-state index in [9.17, 15) is 23.8 Å². The predicted molar refractivity (Wildman–Crippen MR) is 68.1 cm³/mol. The minimum atomic E-state index is -2.90. The van der Waals surface area contributed by atoms with Crippen molar-refractivity contribution in [1.82, 2.24) is 9.55 Å². The summed E-state index contributed by atoms with van der Waals surface area (Å²) in [5.41, 5.74) is -0.624. The fraction of sp³-hybridized carbons (Fsp3) is 0.636. The fourth-order valence-electron chi connectivity index (χ4n) is 2.19. The molecule has 20 heavy (non-hydrogen) atoms. The molecule has 0 spiro atoms. The number of H-pyrrole nitrogens is 1. The zero-order valence-electron chi connectivity index (χ0n) is 10.8. The highest BCUT2D eigenvalue weighted by Gasteiger charge is 2.30. The molecule has 0 amide bonds. The number of aliphatic hydroxyl groups is 1. The van der Waals surface area contributed by atoms with Crippen LogP contribution in [-0.2, 0) is 13.9 Å². The van der Waals surface area contributed by atoms with Crippen LogP contribution in [-0.4, -0.2) is 26.6 Å². The lowest BCUT2D eigenvalue weighted by Crippen LogP contribution is -2.33. The molecule has 0 aromatic carbocycles. The summed E-state index contributed by atoms with van der Waals surface area (Å²) in [5, 5.41) is 9.29. The summed E-state index contributed by atoms with van der Waals surface area (Å²) in [4.78, 5) is 25.2. The number of aryl methyl sites for hydroxylation is 1. The SMILES string of the molecule is Cc1cn(C2CCC(CC(O)P(=O)=O)O2)c(=O)[nH]c1=O. The second-order valence-corrected chi connectivity index (χ2v) is 5.94. The summed E-state index contributed by atoms with van der Waals surface area (Å²) in [6.45, 7) is 1.58. The molecular weight excluding hydrogens is 287 g/mol. The van der Waals surface area contributed by atoms with E-state index in [-0.39, 0.29) is 6.42 Å². The standard InChI is InChI=1S/C11H15N2O6P/c1-6-5-13(11(16)12-10(6)15)8-3-2-7(19-8)4-9(14)20(17)18/h5,7-9,14H,2-4H2,1H3,(H,12,15,16). The molecule has 110 valence electrons. The van der Waals surface area contributed by atoms with E-state index in [1.54, 1.807) is 6.92 Å². The molecule has 1 saturated heterocycles. The number of aliphatic hydroxyl groups excluding tert-OH is 1. The van der Waals surface area contributed by atoms with Crippen molar-refractivity contribution >= 4 is 7.68 Å². The van der Waals surface area contributed by atoms with E-state index < -0.39 is 37.1 Å². The molecule has 0 aliphatic carbocycles. The Balaban J connectivity index is 2.12. The van der Waals surface area contributed by atoms with Crippen LogP contribution < -0.4 is 11.2 Å². The van der Waals surface area contributed by atoms with Crippen LogP contribution >= 0.6 is 7.68 Å². The highest BCUT2D eigenvalue weighted by molar-refractivity contribution is 7.31. The molecule has 1 aliphatic rings. The Morgan fingerprint density at radius 2 is 2.20 bits per heavy atom. The van der Waals surface area contributed by atoms with Crippen LogP contribution in [0.25, 0.3) is 0 Å². The second-order valence-electron chi connectivity index (χ2n) is 4.77. The second kappa shape index (κ2) is 5.87. The van der Waals surface area contributed by atoms with Crippen LogP contribution in [0.5, 0.6) is 0 Å². The van der Waals surface area contributed by atoms with Crippen LogP contribution in [0, 0.1) is 6.92 Å². The predicted octanol–water partition coefficient (Wildman–Crippen LogP) is 0.404. The van der Waals surface area contributed by atoms with Crippen molar-refractivity contribution in [2.75, 3.05) is 0 Å². The van der Waals surface area contributed by atoms with Gasteiger partial charge in [-0.15, -0.1) is 0 Å². The van der Waals surface area contributed by atoms with Gasteiger partial charge in [-0.1, -0.05) is 0 Å². The van der Waals surface area contributed by atoms with Crippen molar-refractivity contribution in [1.29, 1.82) is 0 Å². The maximum absolute atomic E-state index is 11.7. The van der Waals surface area contributed by atoms with E-state index in [4.69, 9.17) is 4.74 Å². The third-order valence-electron chi connectivity index (χ3n) is 3.26. The molecule has 1 aromatic rings. The van der Waals surface area contributed by atoms with E-state index in [0.29, 0.717) is 18.4 Å². The highest BCUT2D eigenvalue weighted by Crippen LogP contribution is 2.31. The highest BCUT2D eigenvalue weighted by atomic mass is 31.1. The van der Waals surface area contributed by atoms with E-state index in [1.807, 2.05) is 0 Å². The van der Waals surface area contributed by atoms with Crippen molar-refractivity contribution in [3.05, 3.63) is 32.6 Å². The molecule has 0 bridgehead atoms. The van der Waals surface area contributed by atoms with Gasteiger partial charge in [-0.05, 0) is 19.8 Å². The number of rotatable bonds is 4. The monoisotopic (exact) mass is 302 g/mol. The van der Waals surface area contributed by atoms with Gasteiger partial charge in [0.2, 0.25) is 0 Å². The molecule has 1 aliphatic heterocycles. The van der Waals surface area contributed by atoms with Crippen molar-refractivity contribution in [2.24, 2.45) is 0 Å². The van der Waals surface area contributed by atoms with Crippen LogP contribution in [0.3, 0.4) is 0 Å². The molecule has 3 unspecified atom stereocenters. The number of aromatic nitrogens is 2. The first-order valence-electron chi connectivity index (χ1n) is 6.17. The fourth-order valence-corrected chi connectivity index (χ4v) is 2.59. The summed E-state index contributed by atoms with van der Waals surface area (Å²) < 4.78 is 28.1. The van der Waals surface area contributed by atoms with Gasteiger partial charge in [0.05, 0.1) is 6.10 Å². The minimum Gasteiger partial charge on any atom is -0.378 e. The van der Waals surface area contributed by atoms with Crippen molar-refractivity contribution in [2.45, 2.75) is 44.4 Å². The molecule has 9 heteroatoms. The minimum absolute atomic E-state index is 0.0215. The van der Waals surface area contributed by atoms with E-state index in [2.05, 4.69) is 4.98 Å². The first-order valence-corrected chi connectivity index (χ1v) is 7.42. The summed E-state index contributed by atoms with van der Waals surface area (Å²) in [5.74, 6) is -1.44. The van der Waals surface area contributed by atoms with Gasteiger partial charge in [0.15, 0.2) is 5.85 Å². The lowest BCUT2D eigenvalue weighted by atomic mass is 10.2. The molecule has 0 saturated carbocycles. The molecule has 1 fully saturated rings. The van der Waals surface area contributed by atoms with E-state index >= 15 is 0 Å². The third kappa shape index (κ3) is 3.15. The number of ether oxygens (including phenoxy) is 1. The topological polar surface area (TPSA) is 118 Å². The maximum Gasteiger partial charge on any atom is 0.345 e. The smallest absolute Gasteiger partial charge is 0.345 e. The first-order chi connectivity index (χ1) is 9.38. The lowest BCUT2D eigenvalue weighted by Gasteiger charge is -2.16. The first kappa shape index (κ1) is 14.9. The van der Waals surface area contributed by atoms with Crippen molar-refractivity contribution < 1.29 is 19.0 Å². The van der Waals surface area contributed by atoms with Crippen molar-refractivity contribution in [3.8, 4) is 0 Å². The zero-order chi connectivity index (χ0) is 14.9. The molecule has 2 heterocycles. The van der Waals surface area contributed by atoms with Crippen LogP contribution in [0.2, 0.25) is 0 Å². The third-order valence-corrected chi connectivity index (χ3v) is 3.96. The average molecular weight is 302 g/mol.